The van der Waals surface area contributed by atoms with Gasteiger partial charge >= 0.3 is 0 Å². The van der Waals surface area contributed by atoms with Gasteiger partial charge < -0.3 is 14.2 Å². The molecule has 6 heteroatoms. The minimum absolute atomic E-state index is 0.0225. The van der Waals surface area contributed by atoms with Crippen LogP contribution in [-0.4, -0.2) is 34.6 Å². The number of carbonyl (C=O) groups excluding carboxylic acids is 1. The van der Waals surface area contributed by atoms with Gasteiger partial charge in [-0.15, -0.1) is 0 Å². The molecule has 3 aromatic rings. The Morgan fingerprint density at radius 1 is 1.20 bits per heavy atom. The Bertz CT molecular complexity index is 846. The molecule has 128 valence electrons. The third-order valence-electron chi connectivity index (χ3n) is 3.71. The fourth-order valence-electron chi connectivity index (χ4n) is 2.33. The SMILES string of the molecule is Cc1cccc(OCC(=O)N(C)Cc2cc(-c3ccncc3)no2)c1. The summed E-state index contributed by atoms with van der Waals surface area (Å²) >= 11 is 0. The molecule has 0 aliphatic heterocycles. The van der Waals surface area contributed by atoms with Crippen LogP contribution in [0, 0.1) is 6.92 Å². The number of aromatic nitrogens is 2. The number of rotatable bonds is 6. The molecule has 0 saturated carbocycles. The third kappa shape index (κ3) is 4.44. The Morgan fingerprint density at radius 3 is 2.76 bits per heavy atom. The molecular formula is C19H19N3O3. The van der Waals surface area contributed by atoms with Gasteiger partial charge in [0, 0.05) is 31.1 Å². The second kappa shape index (κ2) is 7.61. The third-order valence-corrected chi connectivity index (χ3v) is 3.71. The first-order chi connectivity index (χ1) is 12.1. The predicted octanol–water partition coefficient (Wildman–Crippen LogP) is 3.08. The van der Waals surface area contributed by atoms with Gasteiger partial charge in [0.25, 0.3) is 5.91 Å². The number of likely N-dealkylation sites (N-methyl/N-ethyl adjacent to an activating group) is 1. The highest BCUT2D eigenvalue weighted by Gasteiger charge is 2.14. The summed E-state index contributed by atoms with van der Waals surface area (Å²) in [6.07, 6.45) is 3.39. The van der Waals surface area contributed by atoms with Crippen LogP contribution in [0.4, 0.5) is 0 Å². The van der Waals surface area contributed by atoms with E-state index >= 15 is 0 Å². The Hall–Kier alpha value is -3.15. The van der Waals surface area contributed by atoms with E-state index in [2.05, 4.69) is 10.1 Å². The van der Waals surface area contributed by atoms with Crippen LogP contribution >= 0.6 is 0 Å². The van der Waals surface area contributed by atoms with Crippen LogP contribution in [0.2, 0.25) is 0 Å². The summed E-state index contributed by atoms with van der Waals surface area (Å²) in [6.45, 7) is 2.28. The molecule has 2 aromatic heterocycles. The molecule has 6 nitrogen and oxygen atoms in total. The minimum atomic E-state index is -0.136. The van der Waals surface area contributed by atoms with Gasteiger partial charge in [0.05, 0.1) is 6.54 Å². The van der Waals surface area contributed by atoms with Crippen LogP contribution in [0.5, 0.6) is 5.75 Å². The van der Waals surface area contributed by atoms with Gasteiger partial charge in [0.2, 0.25) is 0 Å². The van der Waals surface area contributed by atoms with E-state index in [1.54, 1.807) is 24.3 Å². The van der Waals surface area contributed by atoms with Crippen LogP contribution in [0.3, 0.4) is 0 Å². The molecule has 3 rings (SSSR count). The fourth-order valence-corrected chi connectivity index (χ4v) is 2.33. The van der Waals surface area contributed by atoms with Crippen molar-refractivity contribution in [2.45, 2.75) is 13.5 Å². The Kier molecular flexibility index (Phi) is 5.09. The number of amides is 1. The van der Waals surface area contributed by atoms with Crippen LogP contribution in [0.1, 0.15) is 11.3 Å². The standard InChI is InChI=1S/C19H19N3O3/c1-14-4-3-5-16(10-14)24-13-19(23)22(2)12-17-11-18(21-25-17)15-6-8-20-9-7-15/h3-11H,12-13H2,1-2H3. The normalized spacial score (nSPS) is 10.5. The van der Waals surface area contributed by atoms with Crippen molar-refractivity contribution in [3.05, 3.63) is 66.2 Å². The van der Waals surface area contributed by atoms with Crippen LogP contribution in [0.25, 0.3) is 11.3 Å². The molecule has 0 saturated heterocycles. The zero-order chi connectivity index (χ0) is 17.6. The number of hydrogen-bond donors (Lipinski definition) is 0. The van der Waals surface area contributed by atoms with Crippen molar-refractivity contribution in [1.29, 1.82) is 0 Å². The van der Waals surface area contributed by atoms with E-state index in [0.29, 0.717) is 23.7 Å². The molecule has 0 unspecified atom stereocenters. The van der Waals surface area contributed by atoms with Crippen LogP contribution in [-0.2, 0) is 11.3 Å². The van der Waals surface area contributed by atoms with E-state index < -0.39 is 0 Å². The summed E-state index contributed by atoms with van der Waals surface area (Å²) in [7, 11) is 1.70. The lowest BCUT2D eigenvalue weighted by Gasteiger charge is -2.15. The number of pyridine rings is 1. The average molecular weight is 337 g/mol. The van der Waals surface area contributed by atoms with Crippen molar-refractivity contribution in [2.24, 2.45) is 0 Å². The molecule has 0 bridgehead atoms. The van der Waals surface area contributed by atoms with E-state index in [-0.39, 0.29) is 12.5 Å². The van der Waals surface area contributed by atoms with E-state index in [9.17, 15) is 4.79 Å². The van der Waals surface area contributed by atoms with Crippen molar-refractivity contribution in [3.8, 4) is 17.0 Å². The average Bonchev–Trinajstić information content (AvgIpc) is 3.09. The van der Waals surface area contributed by atoms with Crippen LogP contribution < -0.4 is 4.74 Å². The predicted molar refractivity (Wildman–Crippen MR) is 92.9 cm³/mol. The molecule has 2 heterocycles. The number of carbonyl (C=O) groups is 1. The van der Waals surface area contributed by atoms with Gasteiger partial charge in [0.1, 0.15) is 11.4 Å². The summed E-state index contributed by atoms with van der Waals surface area (Å²) in [5.41, 5.74) is 2.72. The largest absolute Gasteiger partial charge is 0.484 e. The van der Waals surface area contributed by atoms with Gasteiger partial charge in [-0.1, -0.05) is 17.3 Å². The topological polar surface area (TPSA) is 68.5 Å². The Labute approximate surface area is 146 Å². The maximum absolute atomic E-state index is 12.2. The molecule has 0 N–H and O–H groups in total. The van der Waals surface area contributed by atoms with Crippen molar-refractivity contribution >= 4 is 5.91 Å². The molecule has 1 amide bonds. The van der Waals surface area contributed by atoms with Crippen molar-refractivity contribution in [3.63, 3.8) is 0 Å². The first-order valence-corrected chi connectivity index (χ1v) is 7.91. The summed E-state index contributed by atoms with van der Waals surface area (Å²) in [4.78, 5) is 17.7. The monoisotopic (exact) mass is 337 g/mol. The molecule has 0 aliphatic carbocycles. The molecule has 0 radical (unpaired) electrons. The lowest BCUT2D eigenvalue weighted by Crippen LogP contribution is -2.30. The number of nitrogens with zero attached hydrogens (tertiary/aromatic N) is 3. The van der Waals surface area contributed by atoms with Gasteiger partial charge in [-0.2, -0.15) is 0 Å². The van der Waals surface area contributed by atoms with Crippen molar-refractivity contribution in [2.75, 3.05) is 13.7 Å². The Morgan fingerprint density at radius 2 is 2.00 bits per heavy atom. The molecule has 0 aliphatic rings. The number of ether oxygens (including phenoxy) is 1. The molecule has 0 atom stereocenters. The second-order valence-electron chi connectivity index (χ2n) is 5.77. The maximum atomic E-state index is 12.2. The lowest BCUT2D eigenvalue weighted by atomic mass is 10.2. The van der Waals surface area contributed by atoms with Gasteiger partial charge in [-0.05, 0) is 36.8 Å². The molecule has 1 aromatic carbocycles. The summed E-state index contributed by atoms with van der Waals surface area (Å²) < 4.78 is 10.9. The quantitative estimate of drug-likeness (QED) is 0.691. The van der Waals surface area contributed by atoms with Crippen molar-refractivity contribution < 1.29 is 14.1 Å². The zero-order valence-electron chi connectivity index (χ0n) is 14.2. The second-order valence-corrected chi connectivity index (χ2v) is 5.77. The smallest absolute Gasteiger partial charge is 0.260 e. The first-order valence-electron chi connectivity index (χ1n) is 7.91. The van der Waals surface area contributed by atoms with E-state index in [4.69, 9.17) is 9.26 Å². The highest BCUT2D eigenvalue weighted by atomic mass is 16.5. The minimum Gasteiger partial charge on any atom is -0.484 e. The van der Waals surface area contributed by atoms with Gasteiger partial charge in [-0.25, -0.2) is 0 Å². The highest BCUT2D eigenvalue weighted by Crippen LogP contribution is 2.19. The van der Waals surface area contributed by atoms with Gasteiger partial charge in [0.15, 0.2) is 12.4 Å². The van der Waals surface area contributed by atoms with E-state index in [1.807, 2.05) is 49.4 Å². The number of aryl methyl sites for hydroxylation is 1. The zero-order valence-corrected chi connectivity index (χ0v) is 14.2. The summed E-state index contributed by atoms with van der Waals surface area (Å²) in [5.74, 6) is 1.16. The van der Waals surface area contributed by atoms with Crippen LogP contribution in [0.15, 0.2) is 59.4 Å². The summed E-state index contributed by atoms with van der Waals surface area (Å²) in [5, 5.41) is 4.03. The number of hydrogen-bond acceptors (Lipinski definition) is 5. The molecule has 0 spiro atoms. The van der Waals surface area contributed by atoms with E-state index in [0.717, 1.165) is 11.1 Å². The molecule has 25 heavy (non-hydrogen) atoms. The highest BCUT2D eigenvalue weighted by molar-refractivity contribution is 5.77. The summed E-state index contributed by atoms with van der Waals surface area (Å²) in [6, 6.07) is 13.1. The number of benzene rings is 1. The molecule has 0 fully saturated rings. The maximum Gasteiger partial charge on any atom is 0.260 e. The first kappa shape index (κ1) is 16.7. The Balaban J connectivity index is 1.56. The lowest BCUT2D eigenvalue weighted by molar-refractivity contribution is -0.132. The van der Waals surface area contributed by atoms with E-state index in [1.165, 1.54) is 0 Å². The molecular weight excluding hydrogens is 318 g/mol. The van der Waals surface area contributed by atoms with Gasteiger partial charge in [-0.3, -0.25) is 9.78 Å². The van der Waals surface area contributed by atoms with Crippen molar-refractivity contribution in [1.82, 2.24) is 15.0 Å². The fraction of sp³-hybridized carbons (Fsp3) is 0.211.